The fraction of sp³-hybridized carbons (Fsp3) is 0.885. The highest BCUT2D eigenvalue weighted by Crippen LogP contribution is 2.67. The summed E-state index contributed by atoms with van der Waals surface area (Å²) in [6.07, 6.45) is 19.3. The van der Waals surface area contributed by atoms with Gasteiger partial charge in [-0.25, -0.2) is 0 Å². The highest BCUT2D eigenvalue weighted by Gasteiger charge is 2.61. The van der Waals surface area contributed by atoms with Crippen molar-refractivity contribution in [1.82, 2.24) is 0 Å². The molecule has 0 aromatic rings. The minimum absolute atomic E-state index is 0.0527. The average molecular weight is 387 g/mol. The van der Waals surface area contributed by atoms with Crippen molar-refractivity contribution >= 4 is 5.78 Å². The largest absolute Gasteiger partial charge is 0.393 e. The van der Waals surface area contributed by atoms with Crippen LogP contribution in [-0.4, -0.2) is 17.0 Å². The number of fused-ring (bicyclic) bond motifs is 5. The fourth-order valence-corrected chi connectivity index (χ4v) is 8.57. The summed E-state index contributed by atoms with van der Waals surface area (Å²) < 4.78 is 0. The van der Waals surface area contributed by atoms with E-state index in [1.54, 1.807) is 13.0 Å². The molecule has 4 aliphatic carbocycles. The Balaban J connectivity index is 1.45. The van der Waals surface area contributed by atoms with E-state index >= 15 is 0 Å². The fourth-order valence-electron chi connectivity index (χ4n) is 8.57. The maximum absolute atomic E-state index is 11.3. The predicted molar refractivity (Wildman–Crippen MR) is 115 cm³/mol. The van der Waals surface area contributed by atoms with Crippen molar-refractivity contribution in [3.05, 3.63) is 12.2 Å². The van der Waals surface area contributed by atoms with Crippen molar-refractivity contribution < 1.29 is 9.90 Å². The lowest BCUT2D eigenvalue weighted by Crippen LogP contribution is -2.57. The number of carbonyl (C=O) groups excluding carboxylic acids is 1. The molecule has 28 heavy (non-hydrogen) atoms. The molecule has 0 amide bonds. The van der Waals surface area contributed by atoms with Crippen molar-refractivity contribution in [1.29, 1.82) is 0 Å². The van der Waals surface area contributed by atoms with E-state index in [9.17, 15) is 9.90 Å². The Morgan fingerprint density at radius 3 is 2.61 bits per heavy atom. The monoisotopic (exact) mass is 386 g/mol. The van der Waals surface area contributed by atoms with E-state index in [1.807, 2.05) is 0 Å². The van der Waals surface area contributed by atoms with E-state index in [4.69, 9.17) is 0 Å². The minimum atomic E-state index is -0.0527. The van der Waals surface area contributed by atoms with Crippen LogP contribution >= 0.6 is 0 Å². The molecule has 7 unspecified atom stereocenters. The molecule has 1 N–H and O–H groups in total. The second-order valence-electron chi connectivity index (χ2n) is 11.3. The number of allylic oxidation sites excluding steroid dienone is 2. The van der Waals surface area contributed by atoms with E-state index in [0.29, 0.717) is 16.7 Å². The molecule has 0 bridgehead atoms. The van der Waals surface area contributed by atoms with E-state index in [0.717, 1.165) is 36.5 Å². The summed E-state index contributed by atoms with van der Waals surface area (Å²) in [6.45, 7) is 6.79. The van der Waals surface area contributed by atoms with Crippen molar-refractivity contribution in [3.8, 4) is 0 Å². The lowest BCUT2D eigenvalue weighted by Gasteiger charge is -2.62. The standard InChI is InChI=1S/C26H42O2/c1-18(27)9-5-4-6-10-19-12-13-21-24-22(14-16-26(19,21)3)25(2)15-8-7-11-20(25)17-23(24)28/h5,9,19-24,28H,4,6-8,10-17H2,1-3H3/b9-5+/t19?,20?,21?,22?,23?,24?,25-,26?/m1/s1. The van der Waals surface area contributed by atoms with E-state index in [-0.39, 0.29) is 11.9 Å². The number of unbranched alkanes of at least 4 members (excludes halogenated alkanes) is 1. The summed E-state index contributed by atoms with van der Waals surface area (Å²) in [4.78, 5) is 11.1. The minimum Gasteiger partial charge on any atom is -0.393 e. The van der Waals surface area contributed by atoms with E-state index in [2.05, 4.69) is 19.9 Å². The maximum Gasteiger partial charge on any atom is 0.152 e. The first-order valence-electron chi connectivity index (χ1n) is 12.2. The van der Waals surface area contributed by atoms with Crippen molar-refractivity contribution in [2.75, 3.05) is 0 Å². The van der Waals surface area contributed by atoms with Gasteiger partial charge >= 0.3 is 0 Å². The van der Waals surface area contributed by atoms with Gasteiger partial charge in [-0.2, -0.15) is 0 Å². The molecule has 0 spiro atoms. The van der Waals surface area contributed by atoms with Crippen LogP contribution in [0, 0.1) is 40.4 Å². The Morgan fingerprint density at radius 2 is 1.82 bits per heavy atom. The molecule has 0 saturated heterocycles. The molecular formula is C26H42O2. The zero-order valence-corrected chi connectivity index (χ0v) is 18.5. The van der Waals surface area contributed by atoms with Crippen LogP contribution in [0.3, 0.4) is 0 Å². The number of rotatable bonds is 5. The molecular weight excluding hydrogens is 344 g/mol. The van der Waals surface area contributed by atoms with Gasteiger partial charge in [0.25, 0.3) is 0 Å². The van der Waals surface area contributed by atoms with Crippen LogP contribution in [0.2, 0.25) is 0 Å². The van der Waals surface area contributed by atoms with Gasteiger partial charge in [-0.3, -0.25) is 4.79 Å². The van der Waals surface area contributed by atoms with Crippen LogP contribution in [0.25, 0.3) is 0 Å². The number of aliphatic hydroxyl groups excluding tert-OH is 1. The van der Waals surface area contributed by atoms with Gasteiger partial charge in [0, 0.05) is 0 Å². The number of ketones is 1. The number of aliphatic hydroxyl groups is 1. The van der Waals surface area contributed by atoms with Crippen LogP contribution in [0.15, 0.2) is 12.2 Å². The summed E-state index contributed by atoms with van der Waals surface area (Å²) >= 11 is 0. The quantitative estimate of drug-likeness (QED) is 0.443. The normalized spacial score (nSPS) is 48.1. The summed E-state index contributed by atoms with van der Waals surface area (Å²) in [7, 11) is 0. The van der Waals surface area contributed by atoms with Crippen LogP contribution < -0.4 is 0 Å². The van der Waals surface area contributed by atoms with Crippen molar-refractivity contribution in [2.45, 2.75) is 104 Å². The molecule has 4 aliphatic rings. The molecule has 0 aliphatic heterocycles. The van der Waals surface area contributed by atoms with Gasteiger partial charge in [0.2, 0.25) is 0 Å². The first-order chi connectivity index (χ1) is 13.4. The third-order valence-corrected chi connectivity index (χ3v) is 10.1. The maximum atomic E-state index is 11.3. The second kappa shape index (κ2) is 7.89. The van der Waals surface area contributed by atoms with Crippen LogP contribution in [0.4, 0.5) is 0 Å². The second-order valence-corrected chi connectivity index (χ2v) is 11.3. The van der Waals surface area contributed by atoms with Crippen molar-refractivity contribution in [2.24, 2.45) is 40.4 Å². The van der Waals surface area contributed by atoms with Gasteiger partial charge in [-0.15, -0.1) is 0 Å². The van der Waals surface area contributed by atoms with Gasteiger partial charge in [-0.05, 0) is 118 Å². The molecule has 0 aromatic heterocycles. The highest BCUT2D eigenvalue weighted by molar-refractivity contribution is 5.87. The lowest BCUT2D eigenvalue weighted by molar-refractivity contribution is -0.162. The first-order valence-corrected chi connectivity index (χ1v) is 12.2. The SMILES string of the molecule is CC(=O)/C=C/CCCC1CCC2C3C(O)CC4CCCC[C@@]4(C)C3CCC12C. The number of hydrogen-bond acceptors (Lipinski definition) is 2. The Labute approximate surface area is 172 Å². The summed E-state index contributed by atoms with van der Waals surface area (Å²) in [5.74, 6) is 3.80. The molecule has 2 heteroatoms. The molecule has 4 rings (SSSR count). The Morgan fingerprint density at radius 1 is 1.04 bits per heavy atom. The van der Waals surface area contributed by atoms with Gasteiger partial charge < -0.3 is 5.11 Å². The zero-order chi connectivity index (χ0) is 19.9. The van der Waals surface area contributed by atoms with Gasteiger partial charge in [-0.1, -0.05) is 32.8 Å². The predicted octanol–water partition coefficient (Wildman–Crippen LogP) is 6.32. The Hall–Kier alpha value is -0.630. The van der Waals surface area contributed by atoms with Crippen LogP contribution in [0.1, 0.15) is 97.8 Å². The summed E-state index contributed by atoms with van der Waals surface area (Å²) in [5, 5.41) is 11.3. The molecule has 0 heterocycles. The van der Waals surface area contributed by atoms with Gasteiger partial charge in [0.15, 0.2) is 5.78 Å². The molecule has 2 nitrogen and oxygen atoms in total. The van der Waals surface area contributed by atoms with Gasteiger partial charge in [0.1, 0.15) is 0 Å². The van der Waals surface area contributed by atoms with E-state index < -0.39 is 0 Å². The molecule has 4 fully saturated rings. The third-order valence-electron chi connectivity index (χ3n) is 10.1. The summed E-state index contributed by atoms with van der Waals surface area (Å²) in [6, 6.07) is 0. The average Bonchev–Trinajstić information content (AvgIpc) is 2.98. The van der Waals surface area contributed by atoms with Crippen molar-refractivity contribution in [3.63, 3.8) is 0 Å². The lowest BCUT2D eigenvalue weighted by atomic mass is 9.44. The number of carbonyl (C=O) groups is 1. The summed E-state index contributed by atoms with van der Waals surface area (Å²) in [5.41, 5.74) is 0.934. The smallest absolute Gasteiger partial charge is 0.152 e. The first kappa shape index (κ1) is 20.6. The topological polar surface area (TPSA) is 37.3 Å². The molecule has 0 radical (unpaired) electrons. The third kappa shape index (κ3) is 3.42. The van der Waals surface area contributed by atoms with Gasteiger partial charge in [0.05, 0.1) is 6.10 Å². The highest BCUT2D eigenvalue weighted by atomic mass is 16.3. The Bertz CT molecular complexity index is 610. The zero-order valence-electron chi connectivity index (χ0n) is 18.5. The van der Waals surface area contributed by atoms with Crippen LogP contribution in [0.5, 0.6) is 0 Å². The molecule has 0 aromatic carbocycles. The Kier molecular flexibility index (Phi) is 5.82. The van der Waals surface area contributed by atoms with Crippen LogP contribution in [-0.2, 0) is 4.79 Å². The molecule has 8 atom stereocenters. The molecule has 158 valence electrons. The number of hydrogen-bond donors (Lipinski definition) is 1. The van der Waals surface area contributed by atoms with E-state index in [1.165, 1.54) is 64.2 Å². The molecule has 4 saturated carbocycles.